The van der Waals surface area contributed by atoms with Gasteiger partial charge in [-0.05, 0) is 104 Å². The zero-order chi connectivity index (χ0) is 45.0. The number of carbonyl (C=O) groups excluding carboxylic acids is 4. The first kappa shape index (κ1) is 41.7. The monoisotopic (exact) mass is 867 g/mol. The highest BCUT2D eigenvalue weighted by molar-refractivity contribution is 6.12. The molecular formula is C46H46FN11O6. The quantitative estimate of drug-likeness (QED) is 0.168. The van der Waals surface area contributed by atoms with Crippen LogP contribution in [0.2, 0.25) is 0 Å². The molecule has 3 N–H and O–H groups in total. The number of imidazole rings is 1. The third-order valence-corrected chi connectivity index (χ3v) is 12.6. The Hall–Kier alpha value is -7.63. The highest BCUT2D eigenvalue weighted by Crippen LogP contribution is 2.37. The molecule has 328 valence electrons. The number of nitrogens with zero attached hydrogens (tertiary/aromatic N) is 8. The van der Waals surface area contributed by atoms with Crippen molar-refractivity contribution in [1.82, 2.24) is 43.9 Å². The molecule has 0 spiro atoms. The van der Waals surface area contributed by atoms with E-state index in [2.05, 4.69) is 31.0 Å². The van der Waals surface area contributed by atoms with Gasteiger partial charge in [-0.1, -0.05) is 18.2 Å². The average molecular weight is 868 g/mol. The Kier molecular flexibility index (Phi) is 10.8. The molecule has 1 atom stereocenters. The van der Waals surface area contributed by atoms with Crippen LogP contribution < -0.4 is 32.2 Å². The van der Waals surface area contributed by atoms with E-state index in [0.717, 1.165) is 36.0 Å². The van der Waals surface area contributed by atoms with Crippen LogP contribution in [0.4, 0.5) is 15.8 Å². The van der Waals surface area contributed by atoms with E-state index in [9.17, 15) is 28.8 Å². The summed E-state index contributed by atoms with van der Waals surface area (Å²) in [5.74, 6) is -2.10. The van der Waals surface area contributed by atoms with Gasteiger partial charge in [0.15, 0.2) is 5.69 Å². The summed E-state index contributed by atoms with van der Waals surface area (Å²) in [4.78, 5) is 79.5. The van der Waals surface area contributed by atoms with Gasteiger partial charge in [0.25, 0.3) is 11.8 Å². The summed E-state index contributed by atoms with van der Waals surface area (Å²) >= 11 is 0. The molecule has 17 nitrogen and oxygen atoms in total. The second-order valence-electron chi connectivity index (χ2n) is 16.4. The molecule has 2 aliphatic rings. The van der Waals surface area contributed by atoms with Crippen LogP contribution in [-0.2, 0) is 37.2 Å². The van der Waals surface area contributed by atoms with Gasteiger partial charge < -0.3 is 15.5 Å². The molecule has 0 saturated carbocycles. The van der Waals surface area contributed by atoms with Gasteiger partial charge in [-0.3, -0.25) is 38.3 Å². The van der Waals surface area contributed by atoms with Gasteiger partial charge in [-0.2, -0.15) is 10.2 Å². The predicted molar refractivity (Wildman–Crippen MR) is 238 cm³/mol. The maximum absolute atomic E-state index is 17.1. The zero-order valence-electron chi connectivity index (χ0n) is 35.7. The average Bonchev–Trinajstić information content (AvgIpc) is 3.91. The first-order valence-corrected chi connectivity index (χ1v) is 21.1. The van der Waals surface area contributed by atoms with Gasteiger partial charge in [0.1, 0.15) is 18.2 Å². The van der Waals surface area contributed by atoms with Crippen LogP contribution in [0.5, 0.6) is 0 Å². The molecule has 3 aromatic heterocycles. The number of hydrogen-bond donors (Lipinski definition) is 3. The van der Waals surface area contributed by atoms with Crippen LogP contribution in [0.25, 0.3) is 38.8 Å². The van der Waals surface area contributed by atoms with E-state index < -0.39 is 23.7 Å². The van der Waals surface area contributed by atoms with Crippen molar-refractivity contribution in [3.8, 4) is 16.8 Å². The van der Waals surface area contributed by atoms with Gasteiger partial charge in [-0.15, -0.1) is 0 Å². The van der Waals surface area contributed by atoms with E-state index in [4.69, 9.17) is 0 Å². The minimum Gasteiger partial charge on any atom is -0.370 e. The summed E-state index contributed by atoms with van der Waals surface area (Å²) in [6.07, 6.45) is 4.87. The molecule has 0 bridgehead atoms. The van der Waals surface area contributed by atoms with Crippen LogP contribution in [0.1, 0.15) is 64.6 Å². The summed E-state index contributed by atoms with van der Waals surface area (Å²) in [6, 6.07) is 20.2. The number of halogens is 1. The van der Waals surface area contributed by atoms with Crippen molar-refractivity contribution in [3.05, 3.63) is 123 Å². The molecule has 2 saturated heterocycles. The van der Waals surface area contributed by atoms with Crippen LogP contribution in [0.3, 0.4) is 0 Å². The SMILES string of the molecule is CNC(=O)c1cccc(NC(=O)c2nn(C)c3ccc(-c4ccc(-n5cnn(C)c5=O)cc4CCC4CCN(c5cccc6c5n(C)c(=O)n6C5CCC(=O)NC5=O)CC4)c(F)c23)c1. The van der Waals surface area contributed by atoms with Crippen LogP contribution in [0, 0.1) is 11.7 Å². The van der Waals surface area contributed by atoms with E-state index >= 15 is 4.39 Å². The Morgan fingerprint density at radius 1 is 0.844 bits per heavy atom. The summed E-state index contributed by atoms with van der Waals surface area (Å²) < 4.78 is 24.3. The highest BCUT2D eigenvalue weighted by Gasteiger charge is 2.33. The number of nitrogens with one attached hydrogen (secondary N) is 3. The Morgan fingerprint density at radius 2 is 1.61 bits per heavy atom. The van der Waals surface area contributed by atoms with Crippen molar-refractivity contribution < 1.29 is 23.6 Å². The van der Waals surface area contributed by atoms with Gasteiger partial charge in [0, 0.05) is 64.5 Å². The minimum atomic E-state index is -0.776. The summed E-state index contributed by atoms with van der Waals surface area (Å²) in [6.45, 7) is 1.43. The number of aromatic nitrogens is 7. The van der Waals surface area contributed by atoms with E-state index in [1.54, 1.807) is 68.2 Å². The molecule has 5 heterocycles. The lowest BCUT2D eigenvalue weighted by atomic mass is 9.87. The first-order valence-electron chi connectivity index (χ1n) is 21.1. The molecular weight excluding hydrogens is 822 g/mol. The number of amides is 4. The van der Waals surface area contributed by atoms with Crippen molar-refractivity contribution in [1.29, 1.82) is 0 Å². The predicted octanol–water partition coefficient (Wildman–Crippen LogP) is 4.36. The highest BCUT2D eigenvalue weighted by atomic mass is 19.1. The molecule has 9 rings (SSSR count). The van der Waals surface area contributed by atoms with Crippen molar-refractivity contribution in [2.45, 2.75) is 44.6 Å². The second kappa shape index (κ2) is 16.6. The number of hydrogen-bond acceptors (Lipinski definition) is 9. The number of piperidine rings is 2. The maximum atomic E-state index is 17.1. The number of aryl methyl sites for hydroxylation is 4. The largest absolute Gasteiger partial charge is 0.370 e. The van der Waals surface area contributed by atoms with Crippen LogP contribution in [-0.4, -0.2) is 77.0 Å². The molecule has 1 unspecified atom stereocenters. The lowest BCUT2D eigenvalue weighted by molar-refractivity contribution is -0.135. The van der Waals surface area contributed by atoms with Crippen molar-refractivity contribution in [2.75, 3.05) is 30.4 Å². The van der Waals surface area contributed by atoms with Gasteiger partial charge in [0.05, 0.1) is 33.3 Å². The van der Waals surface area contributed by atoms with Gasteiger partial charge in [-0.25, -0.2) is 23.2 Å². The number of rotatable bonds is 10. The fraction of sp³-hybridized carbons (Fsp3) is 0.304. The van der Waals surface area contributed by atoms with Gasteiger partial charge >= 0.3 is 11.4 Å². The number of para-hydroxylation sites is 1. The van der Waals surface area contributed by atoms with Gasteiger partial charge in [0.2, 0.25) is 11.8 Å². The number of fused-ring (bicyclic) bond motifs is 2. The molecule has 7 aromatic rings. The van der Waals surface area contributed by atoms with E-state index in [0.29, 0.717) is 59.0 Å². The maximum Gasteiger partial charge on any atom is 0.350 e. The lowest BCUT2D eigenvalue weighted by Crippen LogP contribution is -2.44. The standard InChI is InChI=1S/C46H46FN11O6/c1-48-42(60)28-7-5-8-29(23-28)50-44(62)40-38-33(54(3)52-40)16-15-32(39(38)47)31-14-13-30(57-25-49-55(4)46(57)64)24-27(31)12-11-26-19-21-56(22-20-26)34-9-6-10-35-41(34)53(2)45(63)58(35)36-17-18-37(59)51-43(36)61/h5-10,13-16,23-26,36H,11-12,17-22H2,1-4H3,(H,48,60)(H,50,62)(H,51,59,61). The smallest absolute Gasteiger partial charge is 0.350 e. The third-order valence-electron chi connectivity index (χ3n) is 12.6. The minimum absolute atomic E-state index is 0.0470. The van der Waals surface area contributed by atoms with E-state index in [-0.39, 0.29) is 52.7 Å². The molecule has 0 aliphatic carbocycles. The molecule has 4 aromatic carbocycles. The lowest BCUT2D eigenvalue weighted by Gasteiger charge is -2.34. The van der Waals surface area contributed by atoms with Crippen molar-refractivity contribution in [3.63, 3.8) is 0 Å². The molecule has 2 fully saturated rings. The summed E-state index contributed by atoms with van der Waals surface area (Å²) in [5.41, 5.74) is 4.89. The van der Waals surface area contributed by atoms with Crippen LogP contribution >= 0.6 is 0 Å². The second-order valence-corrected chi connectivity index (χ2v) is 16.4. The van der Waals surface area contributed by atoms with Crippen molar-refractivity contribution >= 4 is 56.9 Å². The molecule has 4 amide bonds. The summed E-state index contributed by atoms with van der Waals surface area (Å²) in [7, 11) is 6.42. The summed E-state index contributed by atoms with van der Waals surface area (Å²) in [5, 5.41) is 16.3. The van der Waals surface area contributed by atoms with E-state index in [1.807, 2.05) is 24.3 Å². The van der Waals surface area contributed by atoms with Crippen molar-refractivity contribution in [2.24, 2.45) is 27.1 Å². The molecule has 64 heavy (non-hydrogen) atoms. The number of benzene rings is 4. The Bertz CT molecular complexity index is 3170. The zero-order valence-corrected chi connectivity index (χ0v) is 35.7. The Balaban J connectivity index is 0.991. The number of carbonyl (C=O) groups is 4. The topological polar surface area (TPSA) is 192 Å². The van der Waals surface area contributed by atoms with E-state index in [1.165, 1.54) is 37.9 Å². The Labute approximate surface area is 365 Å². The molecule has 0 radical (unpaired) electrons. The van der Waals surface area contributed by atoms with Crippen LogP contribution in [0.15, 0.2) is 88.7 Å². The fourth-order valence-electron chi connectivity index (χ4n) is 9.24. The fourth-order valence-corrected chi connectivity index (χ4v) is 9.24. The number of imide groups is 1. The Morgan fingerprint density at radius 3 is 2.34 bits per heavy atom. The molecule has 18 heteroatoms. The number of anilines is 2. The normalized spacial score (nSPS) is 15.8. The third kappa shape index (κ3) is 7.33. The first-order chi connectivity index (χ1) is 30.8. The molecule has 2 aliphatic heterocycles.